The highest BCUT2D eigenvalue weighted by atomic mass is 16.6. The van der Waals surface area contributed by atoms with E-state index in [0.29, 0.717) is 12.8 Å². The second-order valence-electron chi connectivity index (χ2n) is 17.0. The van der Waals surface area contributed by atoms with E-state index in [9.17, 15) is 19.5 Å². The van der Waals surface area contributed by atoms with E-state index in [1.807, 2.05) is 0 Å². The second-order valence-corrected chi connectivity index (χ2v) is 17.0. The molecular formula is C47H89NO7. The Hall–Kier alpha value is -1.93. The molecule has 2 atom stereocenters. The third kappa shape index (κ3) is 37.4. The molecule has 55 heavy (non-hydrogen) atoms. The third-order valence-electron chi connectivity index (χ3n) is 10.7. The summed E-state index contributed by atoms with van der Waals surface area (Å²) in [5.74, 6) is -1.73. The summed E-state index contributed by atoms with van der Waals surface area (Å²) in [5.41, 5.74) is 0. The molecule has 0 spiro atoms. The molecule has 2 unspecified atom stereocenters. The Morgan fingerprint density at radius 1 is 0.527 bits per heavy atom. The molecule has 0 aromatic rings. The topological polar surface area (TPSA) is 102 Å². The lowest BCUT2D eigenvalue weighted by Crippen LogP contribution is -2.55. The monoisotopic (exact) mass is 780 g/mol. The van der Waals surface area contributed by atoms with Crippen LogP contribution in [0.5, 0.6) is 0 Å². The number of carbonyl (C=O) groups excluding carboxylic acids is 3. The van der Waals surface area contributed by atoms with Crippen LogP contribution in [0.1, 0.15) is 219 Å². The maximum atomic E-state index is 12.7. The first-order chi connectivity index (χ1) is 26.6. The van der Waals surface area contributed by atoms with E-state index in [-0.39, 0.29) is 42.7 Å². The molecule has 0 aromatic carbocycles. The molecule has 0 bridgehead atoms. The minimum Gasteiger partial charge on any atom is -0.544 e. The van der Waals surface area contributed by atoms with Crippen molar-refractivity contribution >= 4 is 17.9 Å². The molecule has 0 aliphatic rings. The number of aliphatic carboxylic acids is 1. The first-order valence-electron chi connectivity index (χ1n) is 23.2. The molecule has 0 N–H and O–H groups in total. The number of likely N-dealkylation sites (N-methyl/N-ethyl adjacent to an activating group) is 1. The van der Waals surface area contributed by atoms with E-state index in [1.165, 1.54) is 148 Å². The van der Waals surface area contributed by atoms with E-state index < -0.39 is 18.1 Å². The van der Waals surface area contributed by atoms with Crippen LogP contribution in [0.25, 0.3) is 0 Å². The zero-order valence-electron chi connectivity index (χ0n) is 36.9. The fraction of sp³-hybridized carbons (Fsp3) is 0.894. The lowest BCUT2D eigenvalue weighted by Gasteiger charge is -2.34. The number of ether oxygens (including phenoxy) is 3. The summed E-state index contributed by atoms with van der Waals surface area (Å²) in [7, 11) is 5.41. The van der Waals surface area contributed by atoms with Gasteiger partial charge in [-0.1, -0.05) is 174 Å². The number of carbonyl (C=O) groups is 3. The van der Waals surface area contributed by atoms with Crippen LogP contribution < -0.4 is 5.11 Å². The number of carboxylic acids is 1. The second kappa shape index (κ2) is 38.9. The van der Waals surface area contributed by atoms with Crippen molar-refractivity contribution in [3.63, 3.8) is 0 Å². The largest absolute Gasteiger partial charge is 0.544 e. The SMILES string of the molecule is CCCCCCCCCCCCC/C=C/CCCCCCCCCC(=O)OC(COCCC(C(=O)[O-])[N+](C)(C)C)COC(=O)CCCCCCCCCCC. The van der Waals surface area contributed by atoms with Crippen molar-refractivity contribution in [2.45, 2.75) is 231 Å². The molecule has 0 aliphatic carbocycles. The number of esters is 2. The van der Waals surface area contributed by atoms with Crippen LogP contribution in [0, 0.1) is 0 Å². The third-order valence-corrected chi connectivity index (χ3v) is 10.7. The maximum Gasteiger partial charge on any atom is 0.306 e. The summed E-state index contributed by atoms with van der Waals surface area (Å²) in [4.78, 5) is 36.8. The highest BCUT2D eigenvalue weighted by Crippen LogP contribution is 2.15. The number of quaternary nitrogens is 1. The van der Waals surface area contributed by atoms with Gasteiger partial charge in [0.2, 0.25) is 0 Å². The molecule has 0 amide bonds. The summed E-state index contributed by atoms with van der Waals surface area (Å²) in [6.07, 6.45) is 41.0. The first kappa shape index (κ1) is 53.1. The smallest absolute Gasteiger partial charge is 0.306 e. The lowest BCUT2D eigenvalue weighted by atomic mass is 10.0. The number of allylic oxidation sites excluding steroid dienone is 2. The molecule has 0 heterocycles. The Morgan fingerprint density at radius 3 is 1.31 bits per heavy atom. The van der Waals surface area contributed by atoms with E-state index >= 15 is 0 Å². The zero-order chi connectivity index (χ0) is 40.7. The minimum absolute atomic E-state index is 0.0442. The summed E-state index contributed by atoms with van der Waals surface area (Å²) in [6.45, 7) is 4.66. The average molecular weight is 780 g/mol. The van der Waals surface area contributed by atoms with Crippen molar-refractivity contribution < 1.29 is 38.2 Å². The van der Waals surface area contributed by atoms with Gasteiger partial charge >= 0.3 is 11.9 Å². The molecule has 0 aliphatic heterocycles. The number of unbranched alkanes of at least 4 members (excludes halogenated alkanes) is 26. The standard InChI is InChI=1S/C47H89NO7/c1-6-8-10-12-14-16-17-18-19-20-21-22-23-24-25-26-27-28-30-32-34-36-38-46(50)55-43(41-53-40-39-44(47(51)52)48(3,4)5)42-54-45(49)37-35-33-31-29-15-13-11-9-7-2/h23-24,43-44H,6-22,25-42H2,1-5H3/b24-23+. The van der Waals surface area contributed by atoms with Gasteiger partial charge in [0.25, 0.3) is 0 Å². The van der Waals surface area contributed by atoms with Crippen LogP contribution >= 0.6 is 0 Å². The van der Waals surface area contributed by atoms with Crippen LogP contribution in [-0.2, 0) is 28.6 Å². The lowest BCUT2D eigenvalue weighted by molar-refractivity contribution is -0.889. The van der Waals surface area contributed by atoms with Crippen molar-refractivity contribution in [2.75, 3.05) is 41.0 Å². The van der Waals surface area contributed by atoms with Crippen molar-refractivity contribution in [2.24, 2.45) is 0 Å². The van der Waals surface area contributed by atoms with E-state index in [2.05, 4.69) is 26.0 Å². The van der Waals surface area contributed by atoms with Gasteiger partial charge in [0.1, 0.15) is 12.6 Å². The van der Waals surface area contributed by atoms with Gasteiger partial charge < -0.3 is 28.6 Å². The molecule has 0 fully saturated rings. The summed E-state index contributed by atoms with van der Waals surface area (Å²) in [5, 5.41) is 11.6. The molecular weight excluding hydrogens is 691 g/mol. The van der Waals surface area contributed by atoms with Crippen molar-refractivity contribution in [3.05, 3.63) is 12.2 Å². The fourth-order valence-electron chi connectivity index (χ4n) is 7.01. The number of rotatable bonds is 42. The molecule has 8 heteroatoms. The highest BCUT2D eigenvalue weighted by Gasteiger charge is 2.25. The molecule has 8 nitrogen and oxygen atoms in total. The molecule has 0 aromatic heterocycles. The Labute approximate surface area is 339 Å². The Bertz CT molecular complexity index is 915. The van der Waals surface area contributed by atoms with Crippen LogP contribution in [-0.4, -0.2) is 75.5 Å². The maximum absolute atomic E-state index is 12.7. The van der Waals surface area contributed by atoms with Crippen LogP contribution in [0.3, 0.4) is 0 Å². The van der Waals surface area contributed by atoms with Gasteiger partial charge in [-0.15, -0.1) is 0 Å². The molecule has 0 saturated heterocycles. The van der Waals surface area contributed by atoms with Gasteiger partial charge in [-0.3, -0.25) is 9.59 Å². The minimum atomic E-state index is -1.12. The summed E-state index contributed by atoms with van der Waals surface area (Å²) >= 11 is 0. The average Bonchev–Trinajstić information content (AvgIpc) is 3.14. The van der Waals surface area contributed by atoms with E-state index in [4.69, 9.17) is 14.2 Å². The predicted octanol–water partition coefficient (Wildman–Crippen LogP) is 11.4. The normalized spacial score (nSPS) is 13.0. The van der Waals surface area contributed by atoms with Crippen molar-refractivity contribution in [1.82, 2.24) is 0 Å². The van der Waals surface area contributed by atoms with Crippen LogP contribution in [0.15, 0.2) is 12.2 Å². The van der Waals surface area contributed by atoms with Crippen LogP contribution in [0.2, 0.25) is 0 Å². The number of nitrogens with zero attached hydrogens (tertiary/aromatic N) is 1. The van der Waals surface area contributed by atoms with Crippen molar-refractivity contribution in [1.29, 1.82) is 0 Å². The number of hydrogen-bond acceptors (Lipinski definition) is 7. The summed E-state index contributed by atoms with van der Waals surface area (Å²) in [6, 6.07) is -0.721. The Balaban J connectivity index is 4.18. The molecule has 0 saturated carbocycles. The van der Waals surface area contributed by atoms with Gasteiger partial charge in [-0.25, -0.2) is 0 Å². The van der Waals surface area contributed by atoms with Crippen molar-refractivity contribution in [3.8, 4) is 0 Å². The van der Waals surface area contributed by atoms with Gasteiger partial charge in [-0.2, -0.15) is 0 Å². The molecule has 0 radical (unpaired) electrons. The zero-order valence-corrected chi connectivity index (χ0v) is 36.9. The van der Waals surface area contributed by atoms with Gasteiger partial charge in [0.05, 0.1) is 40.3 Å². The quantitative estimate of drug-likeness (QED) is 0.0263. The summed E-state index contributed by atoms with van der Waals surface area (Å²) < 4.78 is 17.1. The van der Waals surface area contributed by atoms with Crippen LogP contribution in [0.4, 0.5) is 0 Å². The van der Waals surface area contributed by atoms with E-state index in [1.54, 1.807) is 21.1 Å². The fourth-order valence-corrected chi connectivity index (χ4v) is 7.01. The number of hydrogen-bond donors (Lipinski definition) is 0. The first-order valence-corrected chi connectivity index (χ1v) is 23.2. The Kier molecular flexibility index (Phi) is 37.6. The highest BCUT2D eigenvalue weighted by molar-refractivity contribution is 5.70. The predicted molar refractivity (Wildman–Crippen MR) is 227 cm³/mol. The van der Waals surface area contributed by atoms with Gasteiger partial charge in [0.15, 0.2) is 6.10 Å². The Morgan fingerprint density at radius 2 is 0.909 bits per heavy atom. The van der Waals surface area contributed by atoms with Gasteiger partial charge in [0, 0.05) is 19.3 Å². The van der Waals surface area contributed by atoms with E-state index in [0.717, 1.165) is 38.5 Å². The molecule has 324 valence electrons. The number of carboxylic acid groups (broad SMARTS) is 1. The molecule has 0 rings (SSSR count). The van der Waals surface area contributed by atoms with Gasteiger partial charge in [-0.05, 0) is 38.5 Å².